The van der Waals surface area contributed by atoms with Crippen LogP contribution in [0.4, 0.5) is 11.4 Å². The van der Waals surface area contributed by atoms with Crippen molar-refractivity contribution in [2.24, 2.45) is 0 Å². The van der Waals surface area contributed by atoms with Crippen LogP contribution in [-0.4, -0.2) is 45.2 Å². The third-order valence-corrected chi connectivity index (χ3v) is 3.08. The third-order valence-electron chi connectivity index (χ3n) is 3.08. The van der Waals surface area contributed by atoms with E-state index in [0.29, 0.717) is 12.3 Å². The molecular weight excluding hydrogens is 238 g/mol. The first-order valence-corrected chi connectivity index (χ1v) is 7.00. The van der Waals surface area contributed by atoms with Crippen molar-refractivity contribution in [1.29, 1.82) is 0 Å². The zero-order valence-electron chi connectivity index (χ0n) is 12.6. The number of nitrogens with zero attached hydrogens (tertiary/aromatic N) is 2. The highest BCUT2D eigenvalue weighted by Gasteiger charge is 2.08. The summed E-state index contributed by atoms with van der Waals surface area (Å²) in [6.45, 7) is 7.92. The second-order valence-electron chi connectivity index (χ2n) is 4.89. The minimum absolute atomic E-state index is 0.639. The van der Waals surface area contributed by atoms with Gasteiger partial charge in [0.25, 0.3) is 0 Å². The summed E-state index contributed by atoms with van der Waals surface area (Å²) in [5, 5.41) is 0. The van der Waals surface area contributed by atoms with Gasteiger partial charge in [-0.1, -0.05) is 0 Å². The van der Waals surface area contributed by atoms with Crippen molar-refractivity contribution in [3.8, 4) is 5.75 Å². The van der Waals surface area contributed by atoms with E-state index in [-0.39, 0.29) is 0 Å². The lowest BCUT2D eigenvalue weighted by atomic mass is 10.2. The van der Waals surface area contributed by atoms with Crippen LogP contribution in [0.1, 0.15) is 20.3 Å². The second kappa shape index (κ2) is 7.89. The van der Waals surface area contributed by atoms with Gasteiger partial charge in [-0.3, -0.25) is 0 Å². The van der Waals surface area contributed by atoms with Crippen LogP contribution in [0.25, 0.3) is 0 Å². The fourth-order valence-corrected chi connectivity index (χ4v) is 2.05. The van der Waals surface area contributed by atoms with Crippen LogP contribution in [-0.2, 0) is 0 Å². The molecular formula is C15H27N3O. The van der Waals surface area contributed by atoms with E-state index in [1.54, 1.807) is 0 Å². The van der Waals surface area contributed by atoms with Crippen LogP contribution in [0.3, 0.4) is 0 Å². The monoisotopic (exact) mass is 265 g/mol. The van der Waals surface area contributed by atoms with Gasteiger partial charge in [-0.25, -0.2) is 0 Å². The summed E-state index contributed by atoms with van der Waals surface area (Å²) < 4.78 is 5.55. The number of ether oxygens (including phenoxy) is 1. The van der Waals surface area contributed by atoms with Crippen LogP contribution < -0.4 is 15.4 Å². The van der Waals surface area contributed by atoms with E-state index in [9.17, 15) is 0 Å². The number of hydrogen-bond acceptors (Lipinski definition) is 4. The summed E-state index contributed by atoms with van der Waals surface area (Å²) in [5.41, 5.74) is 7.79. The molecule has 4 heteroatoms. The van der Waals surface area contributed by atoms with Gasteiger partial charge in [0.1, 0.15) is 5.75 Å². The van der Waals surface area contributed by atoms with E-state index < -0.39 is 0 Å². The number of anilines is 2. The van der Waals surface area contributed by atoms with Gasteiger partial charge in [-0.05, 0) is 53.0 Å². The summed E-state index contributed by atoms with van der Waals surface area (Å²) in [6.07, 6.45) is 1.15. The molecule has 0 amide bonds. The SMILES string of the molecule is CCOc1cc(N(CC)CCCN(C)C)ccc1N. The molecule has 0 saturated carbocycles. The molecule has 0 atom stereocenters. The molecule has 0 aliphatic heterocycles. The quantitative estimate of drug-likeness (QED) is 0.733. The first-order chi connectivity index (χ1) is 9.08. The largest absolute Gasteiger partial charge is 0.492 e. The molecule has 0 radical (unpaired) electrons. The van der Waals surface area contributed by atoms with Crippen LogP contribution in [0.5, 0.6) is 5.75 Å². The number of benzene rings is 1. The zero-order valence-corrected chi connectivity index (χ0v) is 12.6. The van der Waals surface area contributed by atoms with Crippen molar-refractivity contribution in [1.82, 2.24) is 4.90 Å². The van der Waals surface area contributed by atoms with Gasteiger partial charge < -0.3 is 20.3 Å². The Balaban J connectivity index is 2.71. The Morgan fingerprint density at radius 2 is 1.89 bits per heavy atom. The predicted molar refractivity (Wildman–Crippen MR) is 83.1 cm³/mol. The highest BCUT2D eigenvalue weighted by Crippen LogP contribution is 2.27. The number of rotatable bonds is 8. The van der Waals surface area contributed by atoms with Gasteiger partial charge in [0.2, 0.25) is 0 Å². The normalized spacial score (nSPS) is 10.8. The Morgan fingerprint density at radius 1 is 1.16 bits per heavy atom. The lowest BCUT2D eigenvalue weighted by Gasteiger charge is -2.24. The maximum atomic E-state index is 5.91. The molecule has 4 nitrogen and oxygen atoms in total. The van der Waals surface area contributed by atoms with Crippen molar-refractivity contribution in [3.05, 3.63) is 18.2 Å². The van der Waals surface area contributed by atoms with E-state index in [2.05, 4.69) is 36.9 Å². The Hall–Kier alpha value is -1.42. The minimum atomic E-state index is 0.639. The average molecular weight is 265 g/mol. The average Bonchev–Trinajstić information content (AvgIpc) is 2.37. The van der Waals surface area contributed by atoms with Gasteiger partial charge in [-0.2, -0.15) is 0 Å². The van der Waals surface area contributed by atoms with Crippen molar-refractivity contribution >= 4 is 11.4 Å². The van der Waals surface area contributed by atoms with Gasteiger partial charge >= 0.3 is 0 Å². The summed E-state index contributed by atoms with van der Waals surface area (Å²) in [5.74, 6) is 0.783. The summed E-state index contributed by atoms with van der Waals surface area (Å²) >= 11 is 0. The first kappa shape index (κ1) is 15.6. The first-order valence-electron chi connectivity index (χ1n) is 7.00. The minimum Gasteiger partial charge on any atom is -0.492 e. The fraction of sp³-hybridized carbons (Fsp3) is 0.600. The topological polar surface area (TPSA) is 41.7 Å². The lowest BCUT2D eigenvalue weighted by molar-refractivity contribution is 0.342. The molecule has 1 rings (SSSR count). The molecule has 1 aromatic rings. The number of nitrogen functional groups attached to an aromatic ring is 1. The van der Waals surface area contributed by atoms with Crippen molar-refractivity contribution in [2.45, 2.75) is 20.3 Å². The molecule has 108 valence electrons. The van der Waals surface area contributed by atoms with Crippen molar-refractivity contribution in [2.75, 3.05) is 51.0 Å². The van der Waals surface area contributed by atoms with Crippen LogP contribution in [0.15, 0.2) is 18.2 Å². The molecule has 0 fully saturated rings. The number of hydrogen-bond donors (Lipinski definition) is 1. The Kier molecular flexibility index (Phi) is 6.50. The van der Waals surface area contributed by atoms with E-state index in [1.807, 2.05) is 19.1 Å². The Labute approximate surface area is 117 Å². The van der Waals surface area contributed by atoms with Crippen LogP contribution >= 0.6 is 0 Å². The maximum Gasteiger partial charge on any atom is 0.144 e. The van der Waals surface area contributed by atoms with Gasteiger partial charge in [0.05, 0.1) is 12.3 Å². The van der Waals surface area contributed by atoms with Crippen LogP contribution in [0.2, 0.25) is 0 Å². The van der Waals surface area contributed by atoms with E-state index in [4.69, 9.17) is 10.5 Å². The number of nitrogens with two attached hydrogens (primary N) is 1. The van der Waals surface area contributed by atoms with Crippen molar-refractivity contribution in [3.63, 3.8) is 0 Å². The van der Waals surface area contributed by atoms with Crippen LogP contribution in [0, 0.1) is 0 Å². The molecule has 19 heavy (non-hydrogen) atoms. The van der Waals surface area contributed by atoms with E-state index >= 15 is 0 Å². The molecule has 0 unspecified atom stereocenters. The molecule has 2 N–H and O–H groups in total. The van der Waals surface area contributed by atoms with Crippen molar-refractivity contribution < 1.29 is 4.74 Å². The molecule has 0 aliphatic carbocycles. The summed E-state index contributed by atoms with van der Waals surface area (Å²) in [6, 6.07) is 6.03. The standard InChI is InChI=1S/C15H27N3O/c1-5-18(11-7-10-17(3)4)13-8-9-14(16)15(12-13)19-6-2/h8-9,12H,5-7,10-11,16H2,1-4H3. The molecule has 0 aliphatic rings. The fourth-order valence-electron chi connectivity index (χ4n) is 2.05. The highest BCUT2D eigenvalue weighted by atomic mass is 16.5. The molecule has 0 aromatic heterocycles. The van der Waals surface area contributed by atoms with E-state index in [0.717, 1.165) is 31.8 Å². The molecule has 0 saturated heterocycles. The van der Waals surface area contributed by atoms with Gasteiger partial charge in [-0.15, -0.1) is 0 Å². The lowest BCUT2D eigenvalue weighted by Crippen LogP contribution is -2.27. The Morgan fingerprint density at radius 3 is 2.47 bits per heavy atom. The van der Waals surface area contributed by atoms with E-state index in [1.165, 1.54) is 5.69 Å². The summed E-state index contributed by atoms with van der Waals surface area (Å²) in [7, 11) is 4.21. The van der Waals surface area contributed by atoms with Gasteiger partial charge in [0, 0.05) is 24.8 Å². The molecule has 1 aromatic carbocycles. The smallest absolute Gasteiger partial charge is 0.144 e. The Bertz CT molecular complexity index is 380. The summed E-state index contributed by atoms with van der Waals surface area (Å²) in [4.78, 5) is 4.56. The van der Waals surface area contributed by atoms with Gasteiger partial charge in [0.15, 0.2) is 0 Å². The maximum absolute atomic E-state index is 5.91. The highest BCUT2D eigenvalue weighted by molar-refractivity contribution is 5.62. The molecule has 0 heterocycles. The zero-order chi connectivity index (χ0) is 14.3. The molecule has 0 bridgehead atoms. The third kappa shape index (κ3) is 4.99. The second-order valence-corrected chi connectivity index (χ2v) is 4.89. The molecule has 0 spiro atoms. The predicted octanol–water partition coefficient (Wildman–Crippen LogP) is 2.45.